The Kier molecular flexibility index (Phi) is 3.46. The third-order valence-electron chi connectivity index (χ3n) is 4.14. The van der Waals surface area contributed by atoms with E-state index < -0.39 is 17.5 Å². The Labute approximate surface area is 111 Å². The molecule has 1 fully saturated rings. The van der Waals surface area contributed by atoms with Gasteiger partial charge in [-0.2, -0.15) is 0 Å². The smallest absolute Gasteiger partial charge is 0.329 e. The number of aliphatic carboxylic acids is 1. The molecule has 0 saturated heterocycles. The number of urea groups is 1. The summed E-state index contributed by atoms with van der Waals surface area (Å²) in [4.78, 5) is 22.6. The first kappa shape index (κ1) is 13.4. The van der Waals surface area contributed by atoms with Gasteiger partial charge in [0.2, 0.25) is 0 Å². The van der Waals surface area contributed by atoms with Crippen LogP contribution in [-0.4, -0.2) is 22.6 Å². The van der Waals surface area contributed by atoms with Gasteiger partial charge in [-0.1, -0.05) is 37.3 Å². The van der Waals surface area contributed by atoms with Crippen molar-refractivity contribution in [2.75, 3.05) is 0 Å². The summed E-state index contributed by atoms with van der Waals surface area (Å²) in [5.74, 6) is -1.09. The Hall–Kier alpha value is -2.04. The van der Waals surface area contributed by atoms with Gasteiger partial charge in [0.1, 0.15) is 5.54 Å². The summed E-state index contributed by atoms with van der Waals surface area (Å²) in [6, 6.07) is 8.93. The lowest BCUT2D eigenvalue weighted by atomic mass is 9.60. The van der Waals surface area contributed by atoms with Gasteiger partial charge < -0.3 is 16.2 Å². The van der Waals surface area contributed by atoms with Gasteiger partial charge in [0.15, 0.2) is 0 Å². The molecule has 102 valence electrons. The zero-order chi connectivity index (χ0) is 14.0. The third-order valence-corrected chi connectivity index (χ3v) is 4.14. The van der Waals surface area contributed by atoms with E-state index in [9.17, 15) is 14.7 Å². The van der Waals surface area contributed by atoms with Crippen molar-refractivity contribution in [3.8, 4) is 0 Å². The van der Waals surface area contributed by atoms with Crippen LogP contribution in [0.2, 0.25) is 0 Å². The van der Waals surface area contributed by atoms with Gasteiger partial charge in [0.05, 0.1) is 0 Å². The highest BCUT2D eigenvalue weighted by atomic mass is 16.4. The Morgan fingerprint density at radius 1 is 1.42 bits per heavy atom. The second kappa shape index (κ2) is 4.91. The minimum Gasteiger partial charge on any atom is -0.479 e. The van der Waals surface area contributed by atoms with Crippen molar-refractivity contribution in [3.63, 3.8) is 0 Å². The van der Waals surface area contributed by atoms with E-state index in [2.05, 4.69) is 5.32 Å². The lowest BCUT2D eigenvalue weighted by molar-refractivity contribution is -0.153. The molecule has 0 aromatic heterocycles. The number of benzene rings is 1. The standard InChI is InChI=1S/C14H18N2O3/c1-9(10-5-3-2-4-6-10)11-7-8-14(11,12(17)18)16-13(15)19/h2-6,9,11H,7-8H2,1H3,(H,17,18)(H3,15,16,19). The largest absolute Gasteiger partial charge is 0.479 e. The monoisotopic (exact) mass is 262 g/mol. The van der Waals surface area contributed by atoms with E-state index in [1.165, 1.54) is 0 Å². The maximum absolute atomic E-state index is 11.5. The number of amides is 2. The van der Waals surface area contributed by atoms with E-state index >= 15 is 0 Å². The van der Waals surface area contributed by atoms with Gasteiger partial charge in [-0.05, 0) is 30.2 Å². The fraction of sp³-hybridized carbons (Fsp3) is 0.429. The average molecular weight is 262 g/mol. The van der Waals surface area contributed by atoms with Crippen molar-refractivity contribution in [2.24, 2.45) is 11.7 Å². The first-order valence-corrected chi connectivity index (χ1v) is 6.33. The Bertz CT molecular complexity index is 489. The van der Waals surface area contributed by atoms with Crippen LogP contribution in [0.15, 0.2) is 30.3 Å². The molecule has 5 nitrogen and oxygen atoms in total. The van der Waals surface area contributed by atoms with Crippen molar-refractivity contribution in [1.82, 2.24) is 5.32 Å². The molecule has 1 aliphatic rings. The van der Waals surface area contributed by atoms with Crippen LogP contribution in [0.5, 0.6) is 0 Å². The number of nitrogens with one attached hydrogen (secondary N) is 1. The third kappa shape index (κ3) is 2.28. The van der Waals surface area contributed by atoms with Gasteiger partial charge >= 0.3 is 12.0 Å². The van der Waals surface area contributed by atoms with Crippen LogP contribution >= 0.6 is 0 Å². The van der Waals surface area contributed by atoms with Gasteiger partial charge in [-0.3, -0.25) is 0 Å². The molecule has 0 spiro atoms. The van der Waals surface area contributed by atoms with Crippen molar-refractivity contribution in [2.45, 2.75) is 31.2 Å². The molecule has 4 N–H and O–H groups in total. The first-order chi connectivity index (χ1) is 8.97. The number of primary amides is 1. The molecule has 0 aliphatic heterocycles. The number of carboxylic acid groups (broad SMARTS) is 1. The van der Waals surface area contributed by atoms with E-state index in [0.717, 1.165) is 12.0 Å². The maximum atomic E-state index is 11.5. The Balaban J connectivity index is 2.24. The molecule has 19 heavy (non-hydrogen) atoms. The van der Waals surface area contributed by atoms with Crippen molar-refractivity contribution >= 4 is 12.0 Å². The SMILES string of the molecule is CC(c1ccccc1)C1CCC1(NC(N)=O)C(=O)O. The molecular weight excluding hydrogens is 244 g/mol. The van der Waals surface area contributed by atoms with Crippen LogP contribution in [0.3, 0.4) is 0 Å². The number of rotatable bonds is 4. The fourth-order valence-corrected chi connectivity index (χ4v) is 2.96. The molecule has 2 rings (SSSR count). The predicted octanol–water partition coefficient (Wildman–Crippen LogP) is 1.69. The molecule has 2 amide bonds. The van der Waals surface area contributed by atoms with Crippen LogP contribution in [0.1, 0.15) is 31.2 Å². The summed E-state index contributed by atoms with van der Waals surface area (Å²) >= 11 is 0. The minimum atomic E-state index is -1.22. The highest BCUT2D eigenvalue weighted by Gasteiger charge is 2.55. The summed E-state index contributed by atoms with van der Waals surface area (Å²) in [6.07, 6.45) is 1.19. The summed E-state index contributed by atoms with van der Waals surface area (Å²) in [5.41, 5.74) is 4.97. The van der Waals surface area contributed by atoms with E-state index in [4.69, 9.17) is 5.73 Å². The summed E-state index contributed by atoms with van der Waals surface area (Å²) in [6.45, 7) is 1.99. The quantitative estimate of drug-likeness (QED) is 0.771. The zero-order valence-electron chi connectivity index (χ0n) is 10.8. The van der Waals surface area contributed by atoms with Gasteiger partial charge in [0, 0.05) is 0 Å². The summed E-state index contributed by atoms with van der Waals surface area (Å²) in [5, 5.41) is 11.9. The Morgan fingerprint density at radius 3 is 2.47 bits per heavy atom. The van der Waals surface area contributed by atoms with E-state index in [1.807, 2.05) is 37.3 Å². The fourth-order valence-electron chi connectivity index (χ4n) is 2.96. The number of carbonyl (C=O) groups is 2. The van der Waals surface area contributed by atoms with Gasteiger partial charge in [-0.15, -0.1) is 0 Å². The maximum Gasteiger partial charge on any atom is 0.329 e. The number of carbonyl (C=O) groups excluding carboxylic acids is 1. The highest BCUT2D eigenvalue weighted by molar-refractivity contribution is 5.87. The van der Waals surface area contributed by atoms with Crippen molar-refractivity contribution in [1.29, 1.82) is 0 Å². The molecular formula is C14H18N2O3. The zero-order valence-corrected chi connectivity index (χ0v) is 10.8. The molecule has 5 heteroatoms. The van der Waals surface area contributed by atoms with Crippen LogP contribution in [0.4, 0.5) is 4.79 Å². The summed E-state index contributed by atoms with van der Waals surface area (Å²) < 4.78 is 0. The number of hydrogen-bond acceptors (Lipinski definition) is 2. The van der Waals surface area contributed by atoms with Crippen LogP contribution in [0, 0.1) is 5.92 Å². The number of hydrogen-bond donors (Lipinski definition) is 3. The lowest BCUT2D eigenvalue weighted by Gasteiger charge is -2.49. The highest BCUT2D eigenvalue weighted by Crippen LogP contribution is 2.47. The van der Waals surface area contributed by atoms with Gasteiger partial charge in [-0.25, -0.2) is 9.59 Å². The lowest BCUT2D eigenvalue weighted by Crippen LogP contribution is -2.67. The van der Waals surface area contributed by atoms with E-state index in [-0.39, 0.29) is 11.8 Å². The first-order valence-electron chi connectivity index (χ1n) is 6.33. The molecule has 3 unspecified atom stereocenters. The number of carboxylic acids is 1. The summed E-state index contributed by atoms with van der Waals surface area (Å²) in [7, 11) is 0. The predicted molar refractivity (Wildman–Crippen MR) is 70.7 cm³/mol. The minimum absolute atomic E-state index is 0.0536. The molecule has 1 aliphatic carbocycles. The normalized spacial score (nSPS) is 27.1. The molecule has 1 aromatic carbocycles. The molecule has 0 radical (unpaired) electrons. The van der Waals surface area contributed by atoms with Crippen LogP contribution < -0.4 is 11.1 Å². The van der Waals surface area contributed by atoms with Crippen molar-refractivity contribution in [3.05, 3.63) is 35.9 Å². The van der Waals surface area contributed by atoms with Crippen LogP contribution in [-0.2, 0) is 4.79 Å². The van der Waals surface area contributed by atoms with E-state index in [0.29, 0.717) is 6.42 Å². The molecule has 3 atom stereocenters. The Morgan fingerprint density at radius 2 is 2.05 bits per heavy atom. The molecule has 1 saturated carbocycles. The second-order valence-corrected chi connectivity index (χ2v) is 5.11. The average Bonchev–Trinajstić information content (AvgIpc) is 2.35. The topological polar surface area (TPSA) is 92.4 Å². The molecule has 0 bridgehead atoms. The van der Waals surface area contributed by atoms with Gasteiger partial charge in [0.25, 0.3) is 0 Å². The van der Waals surface area contributed by atoms with Crippen LogP contribution in [0.25, 0.3) is 0 Å². The second-order valence-electron chi connectivity index (χ2n) is 5.11. The molecule has 0 heterocycles. The number of nitrogens with two attached hydrogens (primary N) is 1. The molecule has 1 aromatic rings. The van der Waals surface area contributed by atoms with E-state index in [1.54, 1.807) is 0 Å². The van der Waals surface area contributed by atoms with Crippen molar-refractivity contribution < 1.29 is 14.7 Å².